The van der Waals surface area contributed by atoms with Crippen LogP contribution in [0.15, 0.2) is 28.9 Å². The van der Waals surface area contributed by atoms with Gasteiger partial charge in [-0.3, -0.25) is 0 Å². The summed E-state index contributed by atoms with van der Waals surface area (Å²) in [5, 5.41) is 16.2. The average molecular weight is 247 g/mol. The summed E-state index contributed by atoms with van der Waals surface area (Å²) in [5.74, 6) is 0.389. The molecule has 0 amide bonds. The molecule has 6 heteroatoms. The minimum atomic E-state index is -1.08. The number of carboxylic acid groups (broad SMARTS) is 1. The molecule has 2 heterocycles. The zero-order chi connectivity index (χ0) is 13.1. The van der Waals surface area contributed by atoms with Crippen LogP contribution in [-0.2, 0) is 6.54 Å². The summed E-state index contributed by atoms with van der Waals surface area (Å²) in [5.41, 5.74) is 0.994. The van der Waals surface area contributed by atoms with Crippen LogP contribution in [0.25, 0.3) is 0 Å². The zero-order valence-electron chi connectivity index (χ0n) is 10.1. The molecule has 0 saturated heterocycles. The van der Waals surface area contributed by atoms with Crippen LogP contribution in [0.2, 0.25) is 0 Å². The van der Waals surface area contributed by atoms with Crippen LogP contribution < -0.4 is 4.90 Å². The van der Waals surface area contributed by atoms with Gasteiger partial charge < -0.3 is 14.4 Å². The summed E-state index contributed by atoms with van der Waals surface area (Å²) in [7, 11) is 1.86. The number of carbonyl (C=O) groups is 1. The summed E-state index contributed by atoms with van der Waals surface area (Å²) in [6, 6.07) is 4.96. The standard InChI is InChI=1S/C12H13N3O3/c1-8-9(5-6-18-8)7-15(2)11-4-3-10(12(16)17)13-14-11/h3-6H,7H2,1-2H3,(H,16,17). The maximum Gasteiger partial charge on any atom is 0.356 e. The molecule has 0 fully saturated rings. The fourth-order valence-corrected chi connectivity index (χ4v) is 1.55. The van der Waals surface area contributed by atoms with E-state index in [1.54, 1.807) is 12.3 Å². The Morgan fingerprint density at radius 3 is 2.67 bits per heavy atom. The van der Waals surface area contributed by atoms with Crippen LogP contribution in [0.5, 0.6) is 0 Å². The van der Waals surface area contributed by atoms with E-state index in [1.807, 2.05) is 24.9 Å². The van der Waals surface area contributed by atoms with Gasteiger partial charge in [-0.2, -0.15) is 0 Å². The van der Waals surface area contributed by atoms with Gasteiger partial charge in [0, 0.05) is 19.2 Å². The maximum absolute atomic E-state index is 10.7. The lowest BCUT2D eigenvalue weighted by atomic mass is 10.2. The van der Waals surface area contributed by atoms with Gasteiger partial charge in [0.1, 0.15) is 5.76 Å². The quantitative estimate of drug-likeness (QED) is 0.886. The Morgan fingerprint density at radius 1 is 1.39 bits per heavy atom. The summed E-state index contributed by atoms with van der Waals surface area (Å²) in [4.78, 5) is 12.5. The van der Waals surface area contributed by atoms with Gasteiger partial charge >= 0.3 is 5.97 Å². The molecule has 0 unspecified atom stereocenters. The molecule has 0 radical (unpaired) electrons. The monoisotopic (exact) mass is 247 g/mol. The van der Waals surface area contributed by atoms with E-state index in [9.17, 15) is 4.79 Å². The molecule has 18 heavy (non-hydrogen) atoms. The molecule has 6 nitrogen and oxygen atoms in total. The van der Waals surface area contributed by atoms with Gasteiger partial charge in [-0.1, -0.05) is 0 Å². The first-order valence-corrected chi connectivity index (χ1v) is 5.39. The van der Waals surface area contributed by atoms with E-state index in [2.05, 4.69) is 10.2 Å². The van der Waals surface area contributed by atoms with E-state index in [4.69, 9.17) is 9.52 Å². The Balaban J connectivity index is 2.12. The highest BCUT2D eigenvalue weighted by atomic mass is 16.4. The number of carboxylic acids is 1. The summed E-state index contributed by atoms with van der Waals surface area (Å²) in [6.45, 7) is 2.52. The average Bonchev–Trinajstić information content (AvgIpc) is 2.75. The molecule has 1 N–H and O–H groups in total. The minimum absolute atomic E-state index is 0.0633. The summed E-state index contributed by atoms with van der Waals surface area (Å²) < 4.78 is 5.21. The Kier molecular flexibility index (Phi) is 3.27. The highest BCUT2D eigenvalue weighted by molar-refractivity contribution is 5.85. The molecule has 0 bridgehead atoms. The number of aryl methyl sites for hydroxylation is 1. The molecule has 0 aliphatic rings. The first-order chi connectivity index (χ1) is 8.58. The third-order valence-corrected chi connectivity index (χ3v) is 2.63. The van der Waals surface area contributed by atoms with Crippen molar-refractivity contribution >= 4 is 11.8 Å². The second kappa shape index (κ2) is 4.87. The van der Waals surface area contributed by atoms with Crippen molar-refractivity contribution in [3.8, 4) is 0 Å². The van der Waals surface area contributed by atoms with Crippen LogP contribution in [0.4, 0.5) is 5.82 Å². The maximum atomic E-state index is 10.7. The molecule has 0 aromatic carbocycles. The molecular formula is C12H13N3O3. The lowest BCUT2D eigenvalue weighted by Crippen LogP contribution is -2.18. The van der Waals surface area contributed by atoms with Crippen LogP contribution in [0.1, 0.15) is 21.8 Å². The predicted octanol–water partition coefficient (Wildman–Crippen LogP) is 1.71. The van der Waals surface area contributed by atoms with E-state index in [1.165, 1.54) is 6.07 Å². The van der Waals surface area contributed by atoms with Crippen LogP contribution in [-0.4, -0.2) is 28.3 Å². The molecule has 0 aliphatic heterocycles. The lowest BCUT2D eigenvalue weighted by Gasteiger charge is -2.16. The molecule has 94 valence electrons. The number of aromatic nitrogens is 2. The van der Waals surface area contributed by atoms with E-state index >= 15 is 0 Å². The summed E-state index contributed by atoms with van der Waals surface area (Å²) in [6.07, 6.45) is 1.64. The number of nitrogens with zero attached hydrogens (tertiary/aromatic N) is 3. The normalized spacial score (nSPS) is 10.3. The Hall–Kier alpha value is -2.37. The van der Waals surface area contributed by atoms with E-state index in [0.29, 0.717) is 12.4 Å². The van der Waals surface area contributed by atoms with Gasteiger partial charge in [0.2, 0.25) is 0 Å². The number of rotatable bonds is 4. The summed E-state index contributed by atoms with van der Waals surface area (Å²) >= 11 is 0. The molecular weight excluding hydrogens is 234 g/mol. The van der Waals surface area contributed by atoms with E-state index in [0.717, 1.165) is 11.3 Å². The first kappa shape index (κ1) is 12.1. The molecule has 2 aromatic rings. The molecule has 2 aromatic heterocycles. The van der Waals surface area contributed by atoms with E-state index in [-0.39, 0.29) is 5.69 Å². The Morgan fingerprint density at radius 2 is 2.17 bits per heavy atom. The number of hydrogen-bond donors (Lipinski definition) is 1. The first-order valence-electron chi connectivity index (χ1n) is 5.39. The van der Waals surface area contributed by atoms with Crippen LogP contribution in [0, 0.1) is 6.92 Å². The predicted molar refractivity (Wildman–Crippen MR) is 64.5 cm³/mol. The number of furan rings is 1. The van der Waals surface area contributed by atoms with Crippen molar-refractivity contribution < 1.29 is 14.3 Å². The molecule has 0 aliphatic carbocycles. The van der Waals surface area contributed by atoms with Crippen LogP contribution >= 0.6 is 0 Å². The van der Waals surface area contributed by atoms with Crippen molar-refractivity contribution in [1.82, 2.24) is 10.2 Å². The van der Waals surface area contributed by atoms with Gasteiger partial charge in [-0.25, -0.2) is 4.79 Å². The topological polar surface area (TPSA) is 79.5 Å². The Bertz CT molecular complexity index is 548. The van der Waals surface area contributed by atoms with Crippen molar-refractivity contribution in [2.24, 2.45) is 0 Å². The van der Waals surface area contributed by atoms with Crippen molar-refractivity contribution in [2.75, 3.05) is 11.9 Å². The van der Waals surface area contributed by atoms with Crippen molar-refractivity contribution in [2.45, 2.75) is 13.5 Å². The Labute approximate surface area is 104 Å². The molecule has 0 spiro atoms. The van der Waals surface area contributed by atoms with Gasteiger partial charge in [-0.15, -0.1) is 10.2 Å². The highest BCUT2D eigenvalue weighted by Crippen LogP contribution is 2.15. The largest absolute Gasteiger partial charge is 0.476 e. The number of hydrogen-bond acceptors (Lipinski definition) is 5. The zero-order valence-corrected chi connectivity index (χ0v) is 10.1. The fraction of sp³-hybridized carbons (Fsp3) is 0.250. The van der Waals surface area contributed by atoms with Gasteiger partial charge in [0.05, 0.1) is 6.26 Å². The van der Waals surface area contributed by atoms with Crippen molar-refractivity contribution in [3.63, 3.8) is 0 Å². The molecule has 0 atom stereocenters. The third kappa shape index (κ3) is 2.48. The number of aromatic carboxylic acids is 1. The van der Waals surface area contributed by atoms with Crippen molar-refractivity contribution in [1.29, 1.82) is 0 Å². The smallest absolute Gasteiger partial charge is 0.356 e. The van der Waals surface area contributed by atoms with Crippen molar-refractivity contribution in [3.05, 3.63) is 41.5 Å². The molecule has 0 saturated carbocycles. The lowest BCUT2D eigenvalue weighted by molar-refractivity contribution is 0.0689. The van der Waals surface area contributed by atoms with Gasteiger partial charge in [0.15, 0.2) is 11.5 Å². The number of anilines is 1. The van der Waals surface area contributed by atoms with Crippen LogP contribution in [0.3, 0.4) is 0 Å². The minimum Gasteiger partial charge on any atom is -0.476 e. The second-order valence-electron chi connectivity index (χ2n) is 3.94. The third-order valence-electron chi connectivity index (χ3n) is 2.63. The SMILES string of the molecule is Cc1occc1CN(C)c1ccc(C(=O)O)nn1. The fourth-order valence-electron chi connectivity index (χ4n) is 1.55. The van der Waals surface area contributed by atoms with Gasteiger partial charge in [-0.05, 0) is 25.1 Å². The molecule has 2 rings (SSSR count). The highest BCUT2D eigenvalue weighted by Gasteiger charge is 2.10. The second-order valence-corrected chi connectivity index (χ2v) is 3.94. The van der Waals surface area contributed by atoms with E-state index < -0.39 is 5.97 Å². The van der Waals surface area contributed by atoms with Gasteiger partial charge in [0.25, 0.3) is 0 Å².